The minimum Gasteiger partial charge on any atom is -0.350 e. The van der Waals surface area contributed by atoms with Gasteiger partial charge in [0.1, 0.15) is 24.4 Å². The summed E-state index contributed by atoms with van der Waals surface area (Å²) in [6.45, 7) is 2.96. The largest absolute Gasteiger partial charge is 0.350 e. The van der Waals surface area contributed by atoms with E-state index in [1.165, 1.54) is 31.1 Å². The number of nitrogens with zero attached hydrogens (tertiary/aromatic N) is 5. The van der Waals surface area contributed by atoms with Crippen LogP contribution < -0.4 is 0 Å². The molecular formula is C18H17N5O2. The van der Waals surface area contributed by atoms with E-state index in [-0.39, 0.29) is 11.8 Å². The average Bonchev–Trinajstić information content (AvgIpc) is 3.16. The van der Waals surface area contributed by atoms with Gasteiger partial charge in [0.15, 0.2) is 5.82 Å². The Morgan fingerprint density at radius 3 is 2.60 bits per heavy atom. The quantitative estimate of drug-likeness (QED) is 0.686. The highest BCUT2D eigenvalue weighted by molar-refractivity contribution is 5.93. The Morgan fingerprint density at radius 2 is 1.88 bits per heavy atom. The first-order chi connectivity index (χ1) is 12.0. The molecule has 1 unspecified atom stereocenters. The molecule has 1 aromatic carbocycles. The van der Waals surface area contributed by atoms with Gasteiger partial charge < -0.3 is 4.57 Å². The van der Waals surface area contributed by atoms with Crippen LogP contribution >= 0.6 is 0 Å². The molecule has 0 saturated carbocycles. The van der Waals surface area contributed by atoms with E-state index in [4.69, 9.17) is 0 Å². The summed E-state index contributed by atoms with van der Waals surface area (Å²) in [6, 6.07) is 7.58. The molecule has 0 fully saturated rings. The number of imidazole rings is 1. The highest BCUT2D eigenvalue weighted by Gasteiger charge is 2.34. The van der Waals surface area contributed by atoms with Crippen LogP contribution in [0.2, 0.25) is 0 Å². The number of carbonyl (C=O) groups excluding carboxylic acids is 2. The summed E-state index contributed by atoms with van der Waals surface area (Å²) in [6.07, 6.45) is 4.95. The van der Waals surface area contributed by atoms with Crippen molar-refractivity contribution >= 4 is 34.9 Å². The predicted octanol–water partition coefficient (Wildman–Crippen LogP) is 2.65. The van der Waals surface area contributed by atoms with Gasteiger partial charge >= 0.3 is 0 Å². The first-order valence-corrected chi connectivity index (χ1v) is 7.94. The lowest BCUT2D eigenvalue weighted by molar-refractivity contribution is -0.126. The molecule has 2 aromatic heterocycles. The molecule has 1 amide bonds. The summed E-state index contributed by atoms with van der Waals surface area (Å²) >= 11 is 0. The van der Waals surface area contributed by atoms with E-state index < -0.39 is 6.04 Å². The number of carbonyl (C=O) groups is 2. The summed E-state index contributed by atoms with van der Waals surface area (Å²) in [5.74, 6) is 0.173. The van der Waals surface area contributed by atoms with Crippen molar-refractivity contribution in [3.8, 4) is 0 Å². The number of aliphatic imine (C=N–C) groups is 1. The van der Waals surface area contributed by atoms with E-state index >= 15 is 0 Å². The lowest BCUT2D eigenvalue weighted by Crippen LogP contribution is -2.34. The molecule has 1 atom stereocenters. The maximum absolute atomic E-state index is 12.2. The summed E-state index contributed by atoms with van der Waals surface area (Å²) in [5, 5.41) is 1.04. The minimum atomic E-state index is -0.420. The van der Waals surface area contributed by atoms with Crippen molar-refractivity contribution in [1.82, 2.24) is 19.0 Å². The first-order valence-electron chi connectivity index (χ1n) is 7.94. The molecule has 126 valence electrons. The molecule has 0 spiro atoms. The Morgan fingerprint density at radius 1 is 1.12 bits per heavy atom. The van der Waals surface area contributed by atoms with Crippen molar-refractivity contribution in [2.24, 2.45) is 12.0 Å². The monoisotopic (exact) mass is 335 g/mol. The van der Waals surface area contributed by atoms with Crippen LogP contribution in [0.15, 0.2) is 41.8 Å². The van der Waals surface area contributed by atoms with Crippen LogP contribution in [-0.2, 0) is 11.8 Å². The van der Waals surface area contributed by atoms with Crippen molar-refractivity contribution in [1.29, 1.82) is 0 Å². The van der Waals surface area contributed by atoms with Gasteiger partial charge in [0.25, 0.3) is 0 Å². The zero-order valence-corrected chi connectivity index (χ0v) is 14.2. The fourth-order valence-corrected chi connectivity index (χ4v) is 3.37. The topological polar surface area (TPSA) is 72.5 Å². The van der Waals surface area contributed by atoms with Crippen LogP contribution in [0.1, 0.15) is 35.9 Å². The average molecular weight is 335 g/mol. The Balaban J connectivity index is 1.99. The van der Waals surface area contributed by atoms with Gasteiger partial charge in [-0.2, -0.15) is 0 Å². The number of hydrogen-bond acceptors (Lipinski definition) is 4. The van der Waals surface area contributed by atoms with Crippen molar-refractivity contribution < 1.29 is 9.59 Å². The second kappa shape index (κ2) is 5.41. The molecule has 4 rings (SSSR count). The van der Waals surface area contributed by atoms with E-state index in [1.54, 1.807) is 4.90 Å². The number of para-hydroxylation sites is 1. The second-order valence-corrected chi connectivity index (χ2v) is 6.13. The molecule has 3 aromatic rings. The summed E-state index contributed by atoms with van der Waals surface area (Å²) in [7, 11) is 1.97. The standard InChI is InChI=1S/C18H17N5O2/c1-11(24)22-10-20-18-16(19-9-23(18)12(2)25)17(22)14-8-21(3)15-7-5-4-6-13(14)15/h4-10,17H,1-3H3. The third kappa shape index (κ3) is 2.20. The molecular weight excluding hydrogens is 318 g/mol. The van der Waals surface area contributed by atoms with Gasteiger partial charge in [-0.05, 0) is 6.07 Å². The lowest BCUT2D eigenvalue weighted by atomic mass is 10.0. The van der Waals surface area contributed by atoms with Gasteiger partial charge in [0.2, 0.25) is 11.8 Å². The van der Waals surface area contributed by atoms with Crippen LogP contribution in [0, 0.1) is 0 Å². The van der Waals surface area contributed by atoms with Gasteiger partial charge in [0.05, 0.1) is 0 Å². The molecule has 0 bridgehead atoms. The number of aromatic nitrogens is 3. The van der Waals surface area contributed by atoms with Gasteiger partial charge in [-0.3, -0.25) is 19.1 Å². The number of rotatable bonds is 1. The van der Waals surface area contributed by atoms with Gasteiger partial charge in [0, 0.05) is 43.6 Å². The third-order valence-corrected chi connectivity index (χ3v) is 4.54. The lowest BCUT2D eigenvalue weighted by Gasteiger charge is -2.29. The van der Waals surface area contributed by atoms with Crippen molar-refractivity contribution in [2.75, 3.05) is 0 Å². The van der Waals surface area contributed by atoms with Crippen molar-refractivity contribution in [2.45, 2.75) is 19.9 Å². The van der Waals surface area contributed by atoms with Crippen LogP contribution in [0.4, 0.5) is 5.82 Å². The minimum absolute atomic E-state index is 0.135. The van der Waals surface area contributed by atoms with E-state index in [1.807, 2.05) is 42.1 Å². The number of aryl methyl sites for hydroxylation is 1. The number of amides is 1. The Hall–Kier alpha value is -3.22. The zero-order chi connectivity index (χ0) is 17.7. The van der Waals surface area contributed by atoms with E-state index in [0.29, 0.717) is 11.5 Å². The first kappa shape index (κ1) is 15.3. The summed E-state index contributed by atoms with van der Waals surface area (Å²) < 4.78 is 3.43. The fraction of sp³-hybridized carbons (Fsp3) is 0.222. The molecule has 3 heterocycles. The molecule has 1 aliphatic rings. The maximum Gasteiger partial charge on any atom is 0.230 e. The number of benzene rings is 1. The molecule has 0 N–H and O–H groups in total. The molecule has 7 heteroatoms. The molecule has 0 radical (unpaired) electrons. The third-order valence-electron chi connectivity index (χ3n) is 4.54. The number of hydrogen-bond donors (Lipinski definition) is 0. The van der Waals surface area contributed by atoms with Gasteiger partial charge in [-0.1, -0.05) is 18.2 Å². The van der Waals surface area contributed by atoms with Crippen LogP contribution in [0.3, 0.4) is 0 Å². The van der Waals surface area contributed by atoms with E-state index in [2.05, 4.69) is 9.98 Å². The van der Waals surface area contributed by atoms with E-state index in [9.17, 15) is 9.59 Å². The predicted molar refractivity (Wildman–Crippen MR) is 94.0 cm³/mol. The van der Waals surface area contributed by atoms with E-state index in [0.717, 1.165) is 16.5 Å². The second-order valence-electron chi connectivity index (χ2n) is 6.13. The highest BCUT2D eigenvalue weighted by atomic mass is 16.2. The Kier molecular flexibility index (Phi) is 3.31. The maximum atomic E-state index is 12.2. The summed E-state index contributed by atoms with van der Waals surface area (Å²) in [4.78, 5) is 34.3. The van der Waals surface area contributed by atoms with Crippen LogP contribution in [-0.4, -0.2) is 37.2 Å². The molecule has 7 nitrogen and oxygen atoms in total. The fourth-order valence-electron chi connectivity index (χ4n) is 3.37. The molecule has 0 aliphatic carbocycles. The van der Waals surface area contributed by atoms with Gasteiger partial charge in [-0.25, -0.2) is 9.98 Å². The van der Waals surface area contributed by atoms with Crippen LogP contribution in [0.25, 0.3) is 10.9 Å². The van der Waals surface area contributed by atoms with Crippen molar-refractivity contribution in [3.05, 3.63) is 48.0 Å². The van der Waals surface area contributed by atoms with Crippen molar-refractivity contribution in [3.63, 3.8) is 0 Å². The Bertz CT molecular complexity index is 1040. The SMILES string of the molecule is CC(=O)N1C=Nc2c(ncn2C(C)=O)C1c1cn(C)c2ccccc12. The summed E-state index contributed by atoms with van der Waals surface area (Å²) in [5.41, 5.74) is 2.62. The van der Waals surface area contributed by atoms with Gasteiger partial charge in [-0.15, -0.1) is 0 Å². The molecule has 1 aliphatic heterocycles. The molecule has 0 saturated heterocycles. The van der Waals surface area contributed by atoms with Crippen LogP contribution in [0.5, 0.6) is 0 Å². The highest BCUT2D eigenvalue weighted by Crippen LogP contribution is 2.39. The Labute approximate surface area is 144 Å². The smallest absolute Gasteiger partial charge is 0.230 e. The zero-order valence-electron chi connectivity index (χ0n) is 14.2. The number of fused-ring (bicyclic) bond motifs is 2. The normalized spacial score (nSPS) is 16.3. The molecule has 25 heavy (non-hydrogen) atoms.